The van der Waals surface area contributed by atoms with E-state index in [4.69, 9.17) is 23.7 Å². The second-order valence-corrected chi connectivity index (χ2v) is 11.2. The molecule has 0 saturated carbocycles. The Morgan fingerprint density at radius 3 is 2.13 bits per heavy atom. The van der Waals surface area contributed by atoms with E-state index in [-0.39, 0.29) is 17.1 Å². The number of nitrogens with zero attached hydrogens (tertiary/aromatic N) is 6. The fourth-order valence-electron chi connectivity index (χ4n) is 3.71. The summed E-state index contributed by atoms with van der Waals surface area (Å²) in [6.07, 6.45) is 0. The van der Waals surface area contributed by atoms with Crippen molar-refractivity contribution in [1.29, 1.82) is 10.5 Å². The van der Waals surface area contributed by atoms with Crippen LogP contribution >= 0.6 is 45.3 Å². The third-order valence-corrected chi connectivity index (χ3v) is 10.0. The van der Waals surface area contributed by atoms with Gasteiger partial charge in [0, 0.05) is 17.5 Å². The second-order valence-electron chi connectivity index (χ2n) is 7.11. The van der Waals surface area contributed by atoms with Gasteiger partial charge in [0.25, 0.3) is 0 Å². The third kappa shape index (κ3) is 2.75. The summed E-state index contributed by atoms with van der Waals surface area (Å²) < 4.78 is 4.71. The molecule has 1 aliphatic carbocycles. The summed E-state index contributed by atoms with van der Waals surface area (Å²) in [7, 11) is 0. The van der Waals surface area contributed by atoms with E-state index in [1.807, 2.05) is 24.3 Å². The predicted molar refractivity (Wildman–Crippen MR) is 129 cm³/mol. The number of amidine groups is 2. The number of rotatable bonds is 2. The van der Waals surface area contributed by atoms with E-state index in [9.17, 15) is 0 Å². The summed E-state index contributed by atoms with van der Waals surface area (Å²) in [5.41, 5.74) is 2.29. The Bertz CT molecular complexity index is 1620. The van der Waals surface area contributed by atoms with Gasteiger partial charge in [0.15, 0.2) is 0 Å². The standard InChI is InChI=1S/C21H8N6S4/c1-21(2)9-5-13(26-11(7-22)24-3)29-16(9)18-15(21)19-20(31-18)17-10(28-19)6-14(30-17)27-12(8-23)25-4/h5-6H,1-2H3. The number of hydrogen-bond donors (Lipinski definition) is 0. The second kappa shape index (κ2) is 6.82. The molecule has 4 aromatic rings. The molecule has 5 rings (SSSR count). The largest absolute Gasteiger partial charge is 0.351 e. The van der Waals surface area contributed by atoms with E-state index in [1.54, 1.807) is 22.7 Å². The Hall–Kier alpha value is -3.38. The Kier molecular flexibility index (Phi) is 4.31. The third-order valence-electron chi connectivity index (χ3n) is 5.04. The topological polar surface area (TPSA) is 81.0 Å². The van der Waals surface area contributed by atoms with Crippen molar-refractivity contribution in [1.82, 2.24) is 0 Å². The lowest BCUT2D eigenvalue weighted by molar-refractivity contribution is 0.670. The van der Waals surface area contributed by atoms with E-state index >= 15 is 0 Å². The van der Waals surface area contributed by atoms with Crippen molar-refractivity contribution in [3.8, 4) is 21.9 Å². The highest BCUT2D eigenvalue weighted by Gasteiger charge is 2.42. The van der Waals surface area contributed by atoms with Gasteiger partial charge >= 0.3 is 11.7 Å². The quantitative estimate of drug-likeness (QED) is 0.172. The van der Waals surface area contributed by atoms with Gasteiger partial charge in [-0.15, -0.1) is 22.7 Å². The molecule has 0 atom stereocenters. The van der Waals surface area contributed by atoms with Crippen LogP contribution in [0.25, 0.3) is 38.2 Å². The van der Waals surface area contributed by atoms with Crippen molar-refractivity contribution >= 4 is 85.8 Å². The van der Waals surface area contributed by atoms with Crippen LogP contribution in [0.5, 0.6) is 0 Å². The van der Waals surface area contributed by atoms with Crippen LogP contribution in [0.4, 0.5) is 10.0 Å². The van der Waals surface area contributed by atoms with Crippen molar-refractivity contribution < 1.29 is 0 Å². The van der Waals surface area contributed by atoms with E-state index in [2.05, 4.69) is 33.5 Å². The van der Waals surface area contributed by atoms with Crippen molar-refractivity contribution in [2.24, 2.45) is 9.98 Å². The first kappa shape index (κ1) is 19.6. The molecule has 146 valence electrons. The van der Waals surface area contributed by atoms with Gasteiger partial charge in [-0.1, -0.05) is 59.7 Å². The molecule has 0 aliphatic heterocycles. The first-order valence-electron chi connectivity index (χ1n) is 8.77. The predicted octanol–water partition coefficient (Wildman–Crippen LogP) is 7.49. The number of thiophene rings is 4. The lowest BCUT2D eigenvalue weighted by Gasteiger charge is -2.19. The van der Waals surface area contributed by atoms with Gasteiger partial charge in [-0.05, 0) is 11.1 Å². The van der Waals surface area contributed by atoms with E-state index in [0.29, 0.717) is 10.0 Å². The molecule has 4 heterocycles. The minimum absolute atomic E-state index is 0.158. The molecule has 31 heavy (non-hydrogen) atoms. The van der Waals surface area contributed by atoms with Gasteiger partial charge in [0.05, 0.1) is 28.6 Å². The number of nitriles is 2. The molecule has 0 unspecified atom stereocenters. The van der Waals surface area contributed by atoms with Crippen LogP contribution < -0.4 is 0 Å². The molecule has 4 aromatic heterocycles. The maximum absolute atomic E-state index is 9.02. The lowest BCUT2D eigenvalue weighted by Crippen LogP contribution is -2.13. The zero-order valence-corrected chi connectivity index (χ0v) is 19.2. The molecular weight excluding hydrogens is 465 g/mol. The number of aliphatic imine (C=N–C) groups is 2. The van der Waals surface area contributed by atoms with Crippen LogP contribution in [0.1, 0.15) is 25.0 Å². The van der Waals surface area contributed by atoms with Crippen LogP contribution in [0.15, 0.2) is 22.1 Å². The van der Waals surface area contributed by atoms with Crippen molar-refractivity contribution in [3.63, 3.8) is 0 Å². The zero-order chi connectivity index (χ0) is 21.9. The molecule has 0 N–H and O–H groups in total. The molecule has 0 fully saturated rings. The average molecular weight is 473 g/mol. The Morgan fingerprint density at radius 2 is 1.52 bits per heavy atom. The highest BCUT2D eigenvalue weighted by atomic mass is 32.1. The van der Waals surface area contributed by atoms with Gasteiger partial charge < -0.3 is 9.69 Å². The SMILES string of the molecule is [C-]#[N+]C(C#N)=Nc1cc2c(s1)-c1sc3c(sc4cc(N=C(C#N)[N+]#[C-])sc43)c1C2(C)C. The van der Waals surface area contributed by atoms with Crippen LogP contribution in [0.3, 0.4) is 0 Å². The summed E-state index contributed by atoms with van der Waals surface area (Å²) in [5.74, 6) is -0.318. The molecule has 10 heteroatoms. The van der Waals surface area contributed by atoms with Crippen LogP contribution in [0.2, 0.25) is 0 Å². The highest BCUT2D eigenvalue weighted by Crippen LogP contribution is 2.62. The van der Waals surface area contributed by atoms with E-state index in [0.717, 1.165) is 14.3 Å². The maximum atomic E-state index is 9.02. The molecule has 1 aliphatic rings. The monoisotopic (exact) mass is 472 g/mol. The summed E-state index contributed by atoms with van der Waals surface area (Å²) in [6.45, 7) is 18.5. The Balaban J connectivity index is 1.69. The summed E-state index contributed by atoms with van der Waals surface area (Å²) in [4.78, 5) is 17.0. The smallest absolute Gasteiger partial charge is 0.350 e. The first-order chi connectivity index (χ1) is 14.9. The van der Waals surface area contributed by atoms with Crippen molar-refractivity contribution in [3.05, 3.63) is 46.1 Å². The molecule has 0 spiro atoms. The Labute approximate surface area is 192 Å². The summed E-state index contributed by atoms with van der Waals surface area (Å²) in [5, 5.41) is 19.3. The summed E-state index contributed by atoms with van der Waals surface area (Å²) >= 11 is 6.48. The molecule has 0 bridgehead atoms. The Morgan fingerprint density at radius 1 is 0.871 bits per heavy atom. The van der Waals surface area contributed by atoms with Gasteiger partial charge in [-0.2, -0.15) is 0 Å². The van der Waals surface area contributed by atoms with E-state index < -0.39 is 0 Å². The molecule has 0 amide bonds. The normalized spacial score (nSPS) is 14.6. The molecular formula is C21H8N6S4. The fourth-order valence-corrected chi connectivity index (χ4v) is 9.49. The molecule has 0 aromatic carbocycles. The summed E-state index contributed by atoms with van der Waals surface area (Å²) in [6, 6.07) is 7.58. The van der Waals surface area contributed by atoms with Gasteiger partial charge in [0.1, 0.15) is 12.1 Å². The maximum Gasteiger partial charge on any atom is 0.350 e. The minimum atomic E-state index is -0.204. The minimum Gasteiger partial charge on any atom is -0.351 e. The zero-order valence-electron chi connectivity index (χ0n) is 16.0. The average Bonchev–Trinajstić information content (AvgIpc) is 3.51. The number of hydrogen-bond acceptors (Lipinski definition) is 8. The first-order valence-corrected chi connectivity index (χ1v) is 12.0. The lowest BCUT2D eigenvalue weighted by atomic mass is 9.84. The molecule has 0 radical (unpaired) electrons. The van der Waals surface area contributed by atoms with Gasteiger partial charge in [0.2, 0.25) is 10.0 Å². The fraction of sp³-hybridized carbons (Fsp3) is 0.143. The van der Waals surface area contributed by atoms with Crippen LogP contribution in [-0.4, -0.2) is 11.7 Å². The number of fused-ring (bicyclic) bond motifs is 7. The van der Waals surface area contributed by atoms with Crippen LogP contribution in [0, 0.1) is 35.8 Å². The van der Waals surface area contributed by atoms with Crippen molar-refractivity contribution in [2.45, 2.75) is 19.3 Å². The van der Waals surface area contributed by atoms with Gasteiger partial charge in [-0.25, -0.2) is 10.5 Å². The van der Waals surface area contributed by atoms with Crippen molar-refractivity contribution in [2.75, 3.05) is 0 Å². The van der Waals surface area contributed by atoms with E-state index in [1.165, 1.54) is 48.1 Å². The van der Waals surface area contributed by atoms with Gasteiger partial charge in [-0.3, -0.25) is 0 Å². The highest BCUT2D eigenvalue weighted by molar-refractivity contribution is 7.41. The molecule has 0 saturated heterocycles. The molecule has 6 nitrogen and oxygen atoms in total. The van der Waals surface area contributed by atoms with Crippen LogP contribution in [-0.2, 0) is 5.41 Å².